The number of alkyl halides is 2. The molecule has 1 amide bonds. The second-order valence-electron chi connectivity index (χ2n) is 3.75. The van der Waals surface area contributed by atoms with Gasteiger partial charge in [-0.25, -0.2) is 0 Å². The highest BCUT2D eigenvalue weighted by Crippen LogP contribution is 2.23. The Hall–Kier alpha value is -0.710. The molecular formula is C9H16F2N2O. The molecule has 0 aromatic rings. The molecular weight excluding hydrogens is 190 g/mol. The molecule has 2 N–H and O–H groups in total. The van der Waals surface area contributed by atoms with Gasteiger partial charge in [-0.2, -0.15) is 8.78 Å². The first kappa shape index (κ1) is 11.4. The number of nitrogens with two attached hydrogens (primary N) is 1. The van der Waals surface area contributed by atoms with Crippen molar-refractivity contribution in [1.82, 2.24) is 4.90 Å². The first-order valence-corrected chi connectivity index (χ1v) is 4.86. The Morgan fingerprint density at radius 2 is 2.29 bits per heavy atom. The lowest BCUT2D eigenvalue weighted by atomic mass is 9.91. The number of rotatable bonds is 2. The summed E-state index contributed by atoms with van der Waals surface area (Å²) >= 11 is 0. The summed E-state index contributed by atoms with van der Waals surface area (Å²) in [5, 5.41) is 0. The number of carbonyl (C=O) groups excluding carboxylic acids is 1. The third-order valence-electron chi connectivity index (χ3n) is 2.83. The summed E-state index contributed by atoms with van der Waals surface area (Å²) in [6.07, 6.45) is -1.17. The smallest absolute Gasteiger partial charge is 0.315 e. The SMILES string of the molecule is CC1CCCN(C(=O)C(F)F)C1CN. The fourth-order valence-corrected chi connectivity index (χ4v) is 2.01. The van der Waals surface area contributed by atoms with Crippen LogP contribution in [0.1, 0.15) is 19.8 Å². The number of piperidine rings is 1. The standard InChI is InChI=1S/C9H16F2N2O/c1-6-3-2-4-13(7(6)5-12)9(14)8(10)11/h6-8H,2-5,12H2,1H3. The first-order valence-electron chi connectivity index (χ1n) is 4.86. The number of carbonyl (C=O) groups is 1. The maximum absolute atomic E-state index is 12.2. The lowest BCUT2D eigenvalue weighted by Gasteiger charge is -2.39. The maximum Gasteiger partial charge on any atom is 0.315 e. The van der Waals surface area contributed by atoms with Crippen molar-refractivity contribution in [1.29, 1.82) is 0 Å². The Balaban J connectivity index is 2.69. The van der Waals surface area contributed by atoms with Gasteiger partial charge >= 0.3 is 6.43 Å². The molecule has 1 aliphatic heterocycles. The second kappa shape index (κ2) is 4.68. The third kappa shape index (κ3) is 2.20. The number of nitrogens with zero attached hydrogens (tertiary/aromatic N) is 1. The molecule has 0 aromatic heterocycles. The quantitative estimate of drug-likeness (QED) is 0.727. The van der Waals surface area contributed by atoms with Crippen LogP contribution in [-0.2, 0) is 4.79 Å². The van der Waals surface area contributed by atoms with Gasteiger partial charge in [-0.15, -0.1) is 0 Å². The third-order valence-corrected chi connectivity index (χ3v) is 2.83. The molecule has 1 rings (SSSR count). The summed E-state index contributed by atoms with van der Waals surface area (Å²) in [4.78, 5) is 12.4. The molecule has 1 aliphatic rings. The molecule has 5 heteroatoms. The Labute approximate surface area is 82.2 Å². The highest BCUT2D eigenvalue weighted by atomic mass is 19.3. The molecule has 1 saturated heterocycles. The molecule has 3 nitrogen and oxygen atoms in total. The average molecular weight is 206 g/mol. The van der Waals surface area contributed by atoms with Crippen LogP contribution in [0.2, 0.25) is 0 Å². The van der Waals surface area contributed by atoms with Gasteiger partial charge in [0.25, 0.3) is 5.91 Å². The van der Waals surface area contributed by atoms with E-state index in [0.29, 0.717) is 6.54 Å². The Kier molecular flexibility index (Phi) is 3.80. The summed E-state index contributed by atoms with van der Waals surface area (Å²) in [6, 6.07) is -0.217. The lowest BCUT2D eigenvalue weighted by Crippen LogP contribution is -2.53. The fraction of sp³-hybridized carbons (Fsp3) is 0.889. The van der Waals surface area contributed by atoms with E-state index in [-0.39, 0.29) is 18.5 Å². The van der Waals surface area contributed by atoms with Crippen LogP contribution in [0.5, 0.6) is 0 Å². The molecule has 0 spiro atoms. The number of hydrogen-bond donors (Lipinski definition) is 1. The van der Waals surface area contributed by atoms with Gasteiger partial charge in [-0.3, -0.25) is 4.79 Å². The minimum atomic E-state index is -2.91. The average Bonchev–Trinajstić information content (AvgIpc) is 2.16. The Morgan fingerprint density at radius 1 is 1.64 bits per heavy atom. The van der Waals surface area contributed by atoms with Crippen LogP contribution in [0.15, 0.2) is 0 Å². The van der Waals surface area contributed by atoms with Crippen LogP contribution < -0.4 is 5.73 Å². The number of halogens is 2. The molecule has 14 heavy (non-hydrogen) atoms. The van der Waals surface area contributed by atoms with Crippen molar-refractivity contribution < 1.29 is 13.6 Å². The number of likely N-dealkylation sites (tertiary alicyclic amines) is 1. The molecule has 0 aliphatic carbocycles. The summed E-state index contributed by atoms with van der Waals surface area (Å²) in [5.41, 5.74) is 5.48. The molecule has 0 radical (unpaired) electrons. The summed E-state index contributed by atoms with van der Waals surface area (Å²) in [5.74, 6) is -0.858. The van der Waals surface area contributed by atoms with Gasteiger partial charge < -0.3 is 10.6 Å². The van der Waals surface area contributed by atoms with Gasteiger partial charge in [0.1, 0.15) is 0 Å². The van der Waals surface area contributed by atoms with Crippen LogP contribution in [-0.4, -0.2) is 36.4 Å². The largest absolute Gasteiger partial charge is 0.333 e. The van der Waals surface area contributed by atoms with Crippen molar-refractivity contribution in [2.45, 2.75) is 32.2 Å². The maximum atomic E-state index is 12.2. The van der Waals surface area contributed by atoms with Crippen LogP contribution >= 0.6 is 0 Å². The van der Waals surface area contributed by atoms with E-state index >= 15 is 0 Å². The fourth-order valence-electron chi connectivity index (χ4n) is 2.01. The van der Waals surface area contributed by atoms with Crippen molar-refractivity contribution in [2.75, 3.05) is 13.1 Å². The van der Waals surface area contributed by atoms with E-state index in [9.17, 15) is 13.6 Å². The zero-order valence-electron chi connectivity index (χ0n) is 8.25. The van der Waals surface area contributed by atoms with E-state index in [1.165, 1.54) is 4.90 Å². The highest BCUT2D eigenvalue weighted by molar-refractivity contribution is 5.79. The second-order valence-corrected chi connectivity index (χ2v) is 3.75. The Bertz CT molecular complexity index is 211. The van der Waals surface area contributed by atoms with Gasteiger partial charge in [-0.1, -0.05) is 6.92 Å². The van der Waals surface area contributed by atoms with E-state index in [1.807, 2.05) is 6.92 Å². The van der Waals surface area contributed by atoms with Gasteiger partial charge in [0.05, 0.1) is 0 Å². The molecule has 0 bridgehead atoms. The van der Waals surface area contributed by atoms with E-state index in [1.54, 1.807) is 0 Å². The van der Waals surface area contributed by atoms with Crippen molar-refractivity contribution in [2.24, 2.45) is 11.7 Å². The summed E-state index contributed by atoms with van der Waals surface area (Å²) in [6.45, 7) is 2.62. The van der Waals surface area contributed by atoms with Crippen molar-refractivity contribution in [3.8, 4) is 0 Å². The van der Waals surface area contributed by atoms with E-state index in [4.69, 9.17) is 5.73 Å². The minimum absolute atomic E-state index is 0.217. The van der Waals surface area contributed by atoms with Crippen LogP contribution in [0.3, 0.4) is 0 Å². The zero-order valence-corrected chi connectivity index (χ0v) is 8.25. The topological polar surface area (TPSA) is 46.3 Å². The molecule has 2 unspecified atom stereocenters. The van der Waals surface area contributed by atoms with Crippen LogP contribution in [0, 0.1) is 5.92 Å². The summed E-state index contributed by atoms with van der Waals surface area (Å²) < 4.78 is 24.4. The van der Waals surface area contributed by atoms with E-state index < -0.39 is 12.3 Å². The molecule has 2 atom stereocenters. The molecule has 1 heterocycles. The van der Waals surface area contributed by atoms with E-state index in [0.717, 1.165) is 12.8 Å². The predicted molar refractivity (Wildman–Crippen MR) is 49.0 cm³/mol. The van der Waals surface area contributed by atoms with Crippen LogP contribution in [0.4, 0.5) is 8.78 Å². The lowest BCUT2D eigenvalue weighted by molar-refractivity contribution is -0.147. The van der Waals surface area contributed by atoms with Gasteiger partial charge in [0.15, 0.2) is 0 Å². The van der Waals surface area contributed by atoms with Gasteiger partial charge in [0.2, 0.25) is 0 Å². The van der Waals surface area contributed by atoms with Gasteiger partial charge in [0, 0.05) is 19.1 Å². The monoisotopic (exact) mass is 206 g/mol. The van der Waals surface area contributed by atoms with E-state index in [2.05, 4.69) is 0 Å². The van der Waals surface area contributed by atoms with Crippen molar-refractivity contribution in [3.05, 3.63) is 0 Å². The van der Waals surface area contributed by atoms with Crippen LogP contribution in [0.25, 0.3) is 0 Å². The molecule has 0 saturated carbocycles. The molecule has 1 fully saturated rings. The first-order chi connectivity index (χ1) is 6.57. The zero-order chi connectivity index (χ0) is 10.7. The predicted octanol–water partition coefficient (Wildman–Crippen LogP) is 0.837. The summed E-state index contributed by atoms with van der Waals surface area (Å²) in [7, 11) is 0. The molecule has 82 valence electrons. The number of amides is 1. The normalized spacial score (nSPS) is 28.2. The minimum Gasteiger partial charge on any atom is -0.333 e. The Morgan fingerprint density at radius 3 is 2.79 bits per heavy atom. The molecule has 0 aromatic carbocycles. The van der Waals surface area contributed by atoms with Crippen molar-refractivity contribution in [3.63, 3.8) is 0 Å². The van der Waals surface area contributed by atoms with Gasteiger partial charge in [-0.05, 0) is 18.8 Å². The highest BCUT2D eigenvalue weighted by Gasteiger charge is 2.34. The van der Waals surface area contributed by atoms with Crippen molar-refractivity contribution >= 4 is 5.91 Å². The number of hydrogen-bond acceptors (Lipinski definition) is 2.